The number of rotatable bonds is 2. The Labute approximate surface area is 157 Å². The number of sulfone groups is 1. The molecule has 0 amide bonds. The molecule has 0 radical (unpaired) electrons. The van der Waals surface area contributed by atoms with E-state index in [1.807, 2.05) is 17.9 Å². The van der Waals surface area contributed by atoms with Crippen LogP contribution in [0.15, 0.2) is 23.1 Å². The third kappa shape index (κ3) is 2.50. The Hall–Kier alpha value is -2.06. The first kappa shape index (κ1) is 17.1. The van der Waals surface area contributed by atoms with Crippen LogP contribution in [-0.2, 0) is 22.7 Å². The molecule has 0 bridgehead atoms. The number of hydrogen-bond donors (Lipinski definition) is 1. The Kier molecular flexibility index (Phi) is 3.61. The summed E-state index contributed by atoms with van der Waals surface area (Å²) in [5.41, 5.74) is 10.2. The molecule has 142 valence electrons. The molecule has 5 rings (SSSR count). The molecule has 3 atom stereocenters. The van der Waals surface area contributed by atoms with Crippen molar-refractivity contribution in [3.63, 3.8) is 0 Å². The zero-order chi connectivity index (χ0) is 18.9. The van der Waals surface area contributed by atoms with Gasteiger partial charge in [0.15, 0.2) is 9.84 Å². The average Bonchev–Trinajstić information content (AvgIpc) is 3.20. The minimum Gasteiger partial charge on any atom is -0.332 e. The fourth-order valence-corrected chi connectivity index (χ4v) is 6.00. The van der Waals surface area contributed by atoms with Crippen molar-refractivity contribution in [2.24, 2.45) is 5.73 Å². The lowest BCUT2D eigenvalue weighted by atomic mass is 10.0. The van der Waals surface area contributed by atoms with Gasteiger partial charge in [-0.15, -0.1) is 0 Å². The topological polar surface area (TPSA) is 89.2 Å². The lowest BCUT2D eigenvalue weighted by Crippen LogP contribution is -2.57. The molecule has 8 heteroatoms. The van der Waals surface area contributed by atoms with E-state index in [1.165, 1.54) is 0 Å². The summed E-state index contributed by atoms with van der Waals surface area (Å²) in [6.07, 6.45) is 1.87. The normalized spacial score (nSPS) is 28.0. The molecule has 2 N–H and O–H groups in total. The molecule has 1 aromatic carbocycles. The van der Waals surface area contributed by atoms with Crippen LogP contribution in [0, 0.1) is 0 Å². The highest BCUT2D eigenvalue weighted by Gasteiger charge is 2.38. The molecule has 1 saturated heterocycles. The van der Waals surface area contributed by atoms with Crippen LogP contribution in [0.1, 0.15) is 36.2 Å². The summed E-state index contributed by atoms with van der Waals surface area (Å²) in [5, 5.41) is 0. The summed E-state index contributed by atoms with van der Waals surface area (Å²) in [6.45, 7) is 2.13. The highest BCUT2D eigenvalue weighted by Crippen LogP contribution is 2.38. The van der Waals surface area contributed by atoms with Crippen molar-refractivity contribution < 1.29 is 12.8 Å². The van der Waals surface area contributed by atoms with E-state index >= 15 is 0 Å². The van der Waals surface area contributed by atoms with Crippen LogP contribution in [0.25, 0.3) is 11.3 Å². The van der Waals surface area contributed by atoms with E-state index in [-0.39, 0.29) is 11.8 Å². The molecular weight excluding hydrogens is 367 g/mol. The van der Waals surface area contributed by atoms with Gasteiger partial charge < -0.3 is 10.6 Å². The number of anilines is 1. The average molecular weight is 388 g/mol. The summed E-state index contributed by atoms with van der Waals surface area (Å²) in [6, 6.07) is 4.67. The summed E-state index contributed by atoms with van der Waals surface area (Å²) < 4.78 is 38.5. The standard InChI is InChI=1S/C19H21FN4O2S/c1-10-14(20)8-24(10)19-22-16-4-2-3-13(16)18(23-19)11-5-6-12-15(21)9-27(25,26)17(12)7-11/h5-7,10,14-15H,2-4,8-9,21H2,1H3/t10-,14+,15?/m0/s1. The molecular formula is C19H21FN4O2S. The van der Waals surface area contributed by atoms with Gasteiger partial charge in [0.25, 0.3) is 0 Å². The molecule has 3 heterocycles. The SMILES string of the molecule is C[C@H]1[C@H](F)CN1c1nc2c(c(-c3ccc4c(c3)S(=O)(=O)CC4N)n1)CCC2. The molecule has 0 saturated carbocycles. The van der Waals surface area contributed by atoms with Crippen molar-refractivity contribution in [2.45, 2.75) is 49.3 Å². The van der Waals surface area contributed by atoms with Crippen molar-refractivity contribution in [3.05, 3.63) is 35.0 Å². The van der Waals surface area contributed by atoms with E-state index in [0.717, 1.165) is 41.8 Å². The van der Waals surface area contributed by atoms with Crippen LogP contribution in [-0.4, -0.2) is 42.9 Å². The number of halogens is 1. The molecule has 2 aliphatic heterocycles. The molecule has 1 fully saturated rings. The molecule has 0 spiro atoms. The van der Waals surface area contributed by atoms with E-state index in [4.69, 9.17) is 10.7 Å². The van der Waals surface area contributed by atoms with Crippen LogP contribution in [0.4, 0.5) is 10.3 Å². The van der Waals surface area contributed by atoms with Gasteiger partial charge >= 0.3 is 0 Å². The van der Waals surface area contributed by atoms with Gasteiger partial charge in [-0.2, -0.15) is 0 Å². The largest absolute Gasteiger partial charge is 0.332 e. The van der Waals surface area contributed by atoms with E-state index in [1.54, 1.807) is 12.1 Å². The molecule has 1 unspecified atom stereocenters. The first-order valence-corrected chi connectivity index (χ1v) is 10.9. The van der Waals surface area contributed by atoms with Gasteiger partial charge in [-0.05, 0) is 37.8 Å². The predicted octanol–water partition coefficient (Wildman–Crippen LogP) is 1.97. The lowest BCUT2D eigenvalue weighted by Gasteiger charge is -2.42. The molecule has 3 aliphatic rings. The zero-order valence-corrected chi connectivity index (χ0v) is 15.8. The Bertz CT molecular complexity index is 1060. The third-order valence-electron chi connectivity index (χ3n) is 5.98. The number of hydrogen-bond acceptors (Lipinski definition) is 6. The van der Waals surface area contributed by atoms with E-state index in [2.05, 4.69) is 4.98 Å². The van der Waals surface area contributed by atoms with Crippen LogP contribution >= 0.6 is 0 Å². The minimum atomic E-state index is -3.36. The first-order chi connectivity index (χ1) is 12.8. The molecule has 1 aliphatic carbocycles. The maximum Gasteiger partial charge on any atom is 0.226 e. The van der Waals surface area contributed by atoms with Crippen molar-refractivity contribution >= 4 is 15.8 Å². The first-order valence-electron chi connectivity index (χ1n) is 9.28. The Morgan fingerprint density at radius 3 is 2.81 bits per heavy atom. The fraction of sp³-hybridized carbons (Fsp3) is 0.474. The van der Waals surface area contributed by atoms with Crippen molar-refractivity contribution in [2.75, 3.05) is 17.2 Å². The van der Waals surface area contributed by atoms with E-state index in [0.29, 0.717) is 23.0 Å². The van der Waals surface area contributed by atoms with Crippen LogP contribution in [0.5, 0.6) is 0 Å². The predicted molar refractivity (Wildman–Crippen MR) is 100 cm³/mol. The fourth-order valence-electron chi connectivity index (χ4n) is 4.29. The number of nitrogens with two attached hydrogens (primary N) is 1. The van der Waals surface area contributed by atoms with Gasteiger partial charge in [0.05, 0.1) is 28.9 Å². The smallest absolute Gasteiger partial charge is 0.226 e. The molecule has 2 aromatic rings. The van der Waals surface area contributed by atoms with Gasteiger partial charge in [-0.1, -0.05) is 12.1 Å². The van der Waals surface area contributed by atoms with Crippen LogP contribution in [0.3, 0.4) is 0 Å². The molecule has 27 heavy (non-hydrogen) atoms. The summed E-state index contributed by atoms with van der Waals surface area (Å²) in [5.74, 6) is 0.481. The number of fused-ring (bicyclic) bond motifs is 2. The Morgan fingerprint density at radius 1 is 1.26 bits per heavy atom. The van der Waals surface area contributed by atoms with E-state index in [9.17, 15) is 12.8 Å². The highest BCUT2D eigenvalue weighted by molar-refractivity contribution is 7.91. The van der Waals surface area contributed by atoms with Gasteiger partial charge in [0, 0.05) is 22.9 Å². The lowest BCUT2D eigenvalue weighted by molar-refractivity contribution is 0.210. The quantitative estimate of drug-likeness (QED) is 0.846. The number of aryl methyl sites for hydroxylation is 1. The number of benzene rings is 1. The summed E-state index contributed by atoms with van der Waals surface area (Å²) in [4.78, 5) is 11.6. The maximum absolute atomic E-state index is 13.6. The van der Waals surface area contributed by atoms with Gasteiger partial charge in [0.1, 0.15) is 6.17 Å². The third-order valence-corrected chi connectivity index (χ3v) is 7.81. The minimum absolute atomic E-state index is 0.0535. The second kappa shape index (κ2) is 5.72. The van der Waals surface area contributed by atoms with Gasteiger partial charge in [-0.3, -0.25) is 0 Å². The van der Waals surface area contributed by atoms with Crippen molar-refractivity contribution in [1.29, 1.82) is 0 Å². The van der Waals surface area contributed by atoms with Crippen LogP contribution in [0.2, 0.25) is 0 Å². The van der Waals surface area contributed by atoms with Crippen molar-refractivity contribution in [3.8, 4) is 11.3 Å². The second-order valence-electron chi connectivity index (χ2n) is 7.70. The number of alkyl halides is 1. The summed E-state index contributed by atoms with van der Waals surface area (Å²) in [7, 11) is -3.36. The van der Waals surface area contributed by atoms with Crippen molar-refractivity contribution in [1.82, 2.24) is 9.97 Å². The maximum atomic E-state index is 13.6. The van der Waals surface area contributed by atoms with E-state index < -0.39 is 22.1 Å². The molecule has 6 nitrogen and oxygen atoms in total. The van der Waals surface area contributed by atoms with Gasteiger partial charge in [0.2, 0.25) is 5.95 Å². The summed E-state index contributed by atoms with van der Waals surface area (Å²) >= 11 is 0. The Morgan fingerprint density at radius 2 is 2.07 bits per heavy atom. The monoisotopic (exact) mass is 388 g/mol. The number of aromatic nitrogens is 2. The highest BCUT2D eigenvalue weighted by atomic mass is 32.2. The van der Waals surface area contributed by atoms with Gasteiger partial charge in [-0.25, -0.2) is 22.8 Å². The Balaban J connectivity index is 1.65. The number of nitrogens with zero attached hydrogens (tertiary/aromatic N) is 3. The van der Waals surface area contributed by atoms with Crippen LogP contribution < -0.4 is 10.6 Å². The zero-order valence-electron chi connectivity index (χ0n) is 15.0. The second-order valence-corrected chi connectivity index (χ2v) is 9.70. The molecule has 1 aromatic heterocycles.